The van der Waals surface area contributed by atoms with Crippen LogP contribution in [0.5, 0.6) is 5.75 Å². The van der Waals surface area contributed by atoms with E-state index in [4.69, 9.17) is 4.74 Å². The Labute approximate surface area is 171 Å². The predicted octanol–water partition coefficient (Wildman–Crippen LogP) is 5.08. The third kappa shape index (κ3) is 4.09. The SMILES string of the molecule is CCOc1cccc2sc(N(Cc3ccccn3)C(=O)c3ccc(F)cc3)nc12. The van der Waals surface area contributed by atoms with E-state index in [0.717, 1.165) is 10.4 Å². The summed E-state index contributed by atoms with van der Waals surface area (Å²) in [6.07, 6.45) is 1.68. The predicted molar refractivity (Wildman–Crippen MR) is 112 cm³/mol. The molecule has 4 rings (SSSR count). The first kappa shape index (κ1) is 19.0. The number of nitrogens with zero attached hydrogens (tertiary/aromatic N) is 3. The molecule has 0 saturated carbocycles. The molecule has 0 radical (unpaired) electrons. The minimum Gasteiger partial charge on any atom is -0.492 e. The molecule has 0 aliphatic heterocycles. The van der Waals surface area contributed by atoms with Gasteiger partial charge in [0.25, 0.3) is 5.91 Å². The number of carbonyl (C=O) groups excluding carboxylic acids is 1. The fourth-order valence-corrected chi connectivity index (χ4v) is 3.91. The lowest BCUT2D eigenvalue weighted by Crippen LogP contribution is -2.30. The average Bonchev–Trinajstić information content (AvgIpc) is 3.18. The topological polar surface area (TPSA) is 55.3 Å². The van der Waals surface area contributed by atoms with Crippen LogP contribution in [-0.4, -0.2) is 22.5 Å². The molecule has 0 aliphatic rings. The summed E-state index contributed by atoms with van der Waals surface area (Å²) in [6.45, 7) is 2.69. The second kappa shape index (κ2) is 8.36. The Balaban J connectivity index is 1.77. The molecule has 0 N–H and O–H groups in total. The van der Waals surface area contributed by atoms with Crippen molar-refractivity contribution in [3.05, 3.63) is 83.9 Å². The molecular formula is C22H18FN3O2S. The van der Waals surface area contributed by atoms with Crippen molar-refractivity contribution in [3.63, 3.8) is 0 Å². The van der Waals surface area contributed by atoms with E-state index in [0.29, 0.717) is 28.6 Å². The zero-order chi connectivity index (χ0) is 20.2. The first-order valence-corrected chi connectivity index (χ1v) is 9.97. The first-order chi connectivity index (χ1) is 14.2. The van der Waals surface area contributed by atoms with E-state index in [2.05, 4.69) is 9.97 Å². The van der Waals surface area contributed by atoms with Crippen molar-refractivity contribution in [1.29, 1.82) is 0 Å². The summed E-state index contributed by atoms with van der Waals surface area (Å²) in [6, 6.07) is 16.8. The molecule has 2 aromatic carbocycles. The monoisotopic (exact) mass is 407 g/mol. The van der Waals surface area contributed by atoms with Crippen LogP contribution >= 0.6 is 11.3 Å². The second-order valence-electron chi connectivity index (χ2n) is 6.25. The Morgan fingerprint density at radius 2 is 1.93 bits per heavy atom. The van der Waals surface area contributed by atoms with E-state index >= 15 is 0 Å². The number of carbonyl (C=O) groups is 1. The quantitative estimate of drug-likeness (QED) is 0.447. The summed E-state index contributed by atoms with van der Waals surface area (Å²) in [5.74, 6) is 0.0198. The van der Waals surface area contributed by atoms with Crippen molar-refractivity contribution in [3.8, 4) is 5.75 Å². The van der Waals surface area contributed by atoms with E-state index in [1.807, 2.05) is 43.3 Å². The molecule has 4 aromatic rings. The fourth-order valence-electron chi connectivity index (χ4n) is 2.93. The van der Waals surface area contributed by atoms with Crippen molar-refractivity contribution in [2.75, 3.05) is 11.5 Å². The lowest BCUT2D eigenvalue weighted by Gasteiger charge is -2.19. The van der Waals surface area contributed by atoms with Gasteiger partial charge in [-0.15, -0.1) is 0 Å². The van der Waals surface area contributed by atoms with Crippen molar-refractivity contribution in [2.24, 2.45) is 0 Å². The molecule has 0 aliphatic carbocycles. The highest BCUT2D eigenvalue weighted by molar-refractivity contribution is 7.22. The number of para-hydroxylation sites is 1. The van der Waals surface area contributed by atoms with Crippen LogP contribution < -0.4 is 9.64 Å². The Bertz CT molecular complexity index is 1130. The smallest absolute Gasteiger partial charge is 0.260 e. The van der Waals surface area contributed by atoms with Gasteiger partial charge in [0.05, 0.1) is 23.5 Å². The summed E-state index contributed by atoms with van der Waals surface area (Å²) in [7, 11) is 0. The minimum atomic E-state index is -0.390. The summed E-state index contributed by atoms with van der Waals surface area (Å²) in [4.78, 5) is 23.8. The summed E-state index contributed by atoms with van der Waals surface area (Å²) >= 11 is 1.40. The zero-order valence-corrected chi connectivity index (χ0v) is 16.5. The third-order valence-electron chi connectivity index (χ3n) is 4.28. The van der Waals surface area contributed by atoms with Crippen molar-refractivity contribution in [1.82, 2.24) is 9.97 Å². The largest absolute Gasteiger partial charge is 0.492 e. The van der Waals surface area contributed by atoms with Gasteiger partial charge in [0.2, 0.25) is 0 Å². The van der Waals surface area contributed by atoms with Gasteiger partial charge in [-0.05, 0) is 55.5 Å². The summed E-state index contributed by atoms with van der Waals surface area (Å²) in [5, 5.41) is 0.534. The molecule has 146 valence electrons. The van der Waals surface area contributed by atoms with Gasteiger partial charge in [-0.1, -0.05) is 23.5 Å². The number of rotatable bonds is 6. The molecule has 2 heterocycles. The van der Waals surface area contributed by atoms with Crippen LogP contribution in [0.4, 0.5) is 9.52 Å². The van der Waals surface area contributed by atoms with Crippen molar-refractivity contribution >= 4 is 32.6 Å². The average molecular weight is 407 g/mol. The fraction of sp³-hybridized carbons (Fsp3) is 0.136. The minimum absolute atomic E-state index is 0.251. The highest BCUT2D eigenvalue weighted by Crippen LogP contribution is 2.35. The van der Waals surface area contributed by atoms with Crippen LogP contribution in [0, 0.1) is 5.82 Å². The van der Waals surface area contributed by atoms with E-state index < -0.39 is 0 Å². The lowest BCUT2D eigenvalue weighted by molar-refractivity contribution is 0.0984. The molecule has 7 heteroatoms. The highest BCUT2D eigenvalue weighted by Gasteiger charge is 2.23. The van der Waals surface area contributed by atoms with Crippen LogP contribution in [0.3, 0.4) is 0 Å². The number of hydrogen-bond acceptors (Lipinski definition) is 5. The maximum atomic E-state index is 13.3. The highest BCUT2D eigenvalue weighted by atomic mass is 32.1. The molecule has 1 amide bonds. The molecule has 0 unspecified atom stereocenters. The molecular weight excluding hydrogens is 389 g/mol. The Hall–Kier alpha value is -3.32. The van der Waals surface area contributed by atoms with Gasteiger partial charge in [0.1, 0.15) is 17.1 Å². The number of aromatic nitrogens is 2. The second-order valence-corrected chi connectivity index (χ2v) is 7.26. The molecule has 0 spiro atoms. The van der Waals surface area contributed by atoms with Gasteiger partial charge in [0, 0.05) is 11.8 Å². The number of ether oxygens (including phenoxy) is 1. The zero-order valence-electron chi connectivity index (χ0n) is 15.7. The van der Waals surface area contributed by atoms with E-state index in [9.17, 15) is 9.18 Å². The maximum Gasteiger partial charge on any atom is 0.260 e. The number of pyridine rings is 1. The number of halogens is 1. The summed E-state index contributed by atoms with van der Waals surface area (Å²) in [5.41, 5.74) is 1.83. The van der Waals surface area contributed by atoms with Crippen LogP contribution in [0.2, 0.25) is 0 Å². The molecule has 0 bridgehead atoms. The van der Waals surface area contributed by atoms with E-state index in [-0.39, 0.29) is 18.3 Å². The van der Waals surface area contributed by atoms with Crippen LogP contribution in [0.25, 0.3) is 10.2 Å². The lowest BCUT2D eigenvalue weighted by atomic mass is 10.2. The van der Waals surface area contributed by atoms with Crippen LogP contribution in [0.1, 0.15) is 23.0 Å². The van der Waals surface area contributed by atoms with Gasteiger partial charge in [-0.25, -0.2) is 9.37 Å². The standard InChI is InChI=1S/C22H18FN3O2S/c1-2-28-18-7-5-8-19-20(18)25-22(29-19)26(14-17-6-3-4-13-24-17)21(27)15-9-11-16(23)12-10-15/h3-13H,2,14H2,1H3. The van der Waals surface area contributed by atoms with E-state index in [1.54, 1.807) is 11.1 Å². The molecule has 0 atom stereocenters. The van der Waals surface area contributed by atoms with E-state index in [1.165, 1.54) is 35.6 Å². The molecule has 5 nitrogen and oxygen atoms in total. The van der Waals surface area contributed by atoms with Crippen molar-refractivity contribution in [2.45, 2.75) is 13.5 Å². The van der Waals surface area contributed by atoms with Gasteiger partial charge >= 0.3 is 0 Å². The number of benzene rings is 2. The number of thiazole rings is 1. The van der Waals surface area contributed by atoms with Crippen LogP contribution in [0.15, 0.2) is 66.9 Å². The maximum absolute atomic E-state index is 13.3. The number of anilines is 1. The molecule has 0 fully saturated rings. The van der Waals surface area contributed by atoms with Gasteiger partial charge in [-0.3, -0.25) is 14.7 Å². The Morgan fingerprint density at radius 3 is 2.66 bits per heavy atom. The normalized spacial score (nSPS) is 10.8. The molecule has 2 aromatic heterocycles. The van der Waals surface area contributed by atoms with Crippen LogP contribution in [-0.2, 0) is 6.54 Å². The number of fused-ring (bicyclic) bond motifs is 1. The van der Waals surface area contributed by atoms with Gasteiger partial charge in [-0.2, -0.15) is 0 Å². The Morgan fingerprint density at radius 1 is 1.10 bits per heavy atom. The van der Waals surface area contributed by atoms with Gasteiger partial charge < -0.3 is 4.74 Å². The van der Waals surface area contributed by atoms with Crippen molar-refractivity contribution < 1.29 is 13.9 Å². The number of hydrogen-bond donors (Lipinski definition) is 0. The molecule has 0 saturated heterocycles. The first-order valence-electron chi connectivity index (χ1n) is 9.15. The third-order valence-corrected chi connectivity index (χ3v) is 5.33. The Kier molecular flexibility index (Phi) is 5.48. The molecule has 29 heavy (non-hydrogen) atoms. The number of amides is 1. The summed E-state index contributed by atoms with van der Waals surface area (Å²) < 4.78 is 19.9. The van der Waals surface area contributed by atoms with Gasteiger partial charge in [0.15, 0.2) is 5.13 Å².